The first-order chi connectivity index (χ1) is 12.0. The Labute approximate surface area is 148 Å². The van der Waals surface area contributed by atoms with E-state index in [1.807, 2.05) is 68.4 Å². The fraction of sp³-hybridized carbons (Fsp3) is 0.300. The molecule has 130 valence electrons. The average molecular weight is 337 g/mol. The molecule has 1 saturated heterocycles. The number of nitrogens with one attached hydrogen (secondary N) is 2. The maximum Gasteiger partial charge on any atom is 0.315 e. The number of benzene rings is 2. The van der Waals surface area contributed by atoms with Crippen LogP contribution in [-0.4, -0.2) is 24.5 Å². The van der Waals surface area contributed by atoms with Gasteiger partial charge in [0.1, 0.15) is 0 Å². The molecular formula is C20H23N3O2. The number of carbonyl (C=O) groups excluding carboxylic acids is 2. The molecule has 2 aromatic rings. The molecule has 2 N–H and O–H groups in total. The highest BCUT2D eigenvalue weighted by Gasteiger charge is 2.31. The number of nitrogens with zero attached hydrogens (tertiary/aromatic N) is 1. The van der Waals surface area contributed by atoms with Crippen molar-refractivity contribution in [3.8, 4) is 0 Å². The smallest absolute Gasteiger partial charge is 0.315 e. The summed E-state index contributed by atoms with van der Waals surface area (Å²) in [4.78, 5) is 26.2. The summed E-state index contributed by atoms with van der Waals surface area (Å²) in [6.07, 6.45) is 0.320. The molecule has 0 spiro atoms. The predicted molar refractivity (Wildman–Crippen MR) is 98.5 cm³/mol. The van der Waals surface area contributed by atoms with E-state index in [-0.39, 0.29) is 24.0 Å². The fourth-order valence-electron chi connectivity index (χ4n) is 3.03. The van der Waals surface area contributed by atoms with Crippen molar-refractivity contribution >= 4 is 17.6 Å². The normalized spacial score (nSPS) is 18.1. The number of urea groups is 1. The molecule has 2 atom stereocenters. The van der Waals surface area contributed by atoms with Crippen LogP contribution < -0.4 is 15.5 Å². The van der Waals surface area contributed by atoms with Gasteiger partial charge in [-0.2, -0.15) is 0 Å². The van der Waals surface area contributed by atoms with Crippen molar-refractivity contribution in [3.05, 3.63) is 65.7 Å². The number of carbonyl (C=O) groups is 2. The first kappa shape index (κ1) is 17.0. The molecule has 0 unspecified atom stereocenters. The number of hydrogen-bond donors (Lipinski definition) is 2. The highest BCUT2D eigenvalue weighted by atomic mass is 16.2. The molecule has 5 heteroatoms. The molecule has 2 aromatic carbocycles. The zero-order chi connectivity index (χ0) is 17.8. The molecule has 1 heterocycles. The third-order valence-electron chi connectivity index (χ3n) is 4.45. The molecule has 25 heavy (non-hydrogen) atoms. The second kappa shape index (κ2) is 7.38. The minimum Gasteiger partial charge on any atom is -0.333 e. The number of hydrogen-bond acceptors (Lipinski definition) is 2. The summed E-state index contributed by atoms with van der Waals surface area (Å²) in [5.41, 5.74) is 3.07. The van der Waals surface area contributed by atoms with Crippen molar-refractivity contribution in [1.82, 2.24) is 10.6 Å². The topological polar surface area (TPSA) is 61.4 Å². The lowest BCUT2D eigenvalue weighted by Crippen LogP contribution is -2.44. The van der Waals surface area contributed by atoms with Crippen LogP contribution in [0.2, 0.25) is 0 Å². The molecule has 0 radical (unpaired) electrons. The lowest BCUT2D eigenvalue weighted by atomic mass is 10.1. The molecule has 1 aliphatic rings. The van der Waals surface area contributed by atoms with Gasteiger partial charge in [-0.25, -0.2) is 4.79 Å². The first-order valence-corrected chi connectivity index (χ1v) is 8.52. The second-order valence-corrected chi connectivity index (χ2v) is 6.49. The van der Waals surface area contributed by atoms with Crippen molar-refractivity contribution < 1.29 is 9.59 Å². The van der Waals surface area contributed by atoms with E-state index in [2.05, 4.69) is 10.6 Å². The minimum atomic E-state index is -0.250. The van der Waals surface area contributed by atoms with Gasteiger partial charge in [0.15, 0.2) is 0 Å². The van der Waals surface area contributed by atoms with Gasteiger partial charge in [0, 0.05) is 18.7 Å². The number of anilines is 1. The van der Waals surface area contributed by atoms with Gasteiger partial charge in [0.25, 0.3) is 0 Å². The van der Waals surface area contributed by atoms with Crippen LogP contribution in [-0.2, 0) is 4.79 Å². The van der Waals surface area contributed by atoms with Gasteiger partial charge in [0.2, 0.25) is 5.91 Å². The van der Waals surface area contributed by atoms with Crippen molar-refractivity contribution in [2.75, 3.05) is 11.4 Å². The van der Waals surface area contributed by atoms with Crippen LogP contribution in [0.4, 0.5) is 10.5 Å². The zero-order valence-corrected chi connectivity index (χ0v) is 14.5. The molecule has 1 aliphatic heterocycles. The molecule has 3 rings (SSSR count). The van der Waals surface area contributed by atoms with Gasteiger partial charge in [-0.15, -0.1) is 0 Å². The minimum absolute atomic E-state index is 0.0326. The highest BCUT2D eigenvalue weighted by molar-refractivity contribution is 5.96. The average Bonchev–Trinajstić information content (AvgIpc) is 2.96. The molecule has 1 fully saturated rings. The Bertz CT molecular complexity index is 743. The lowest BCUT2D eigenvalue weighted by Gasteiger charge is -2.19. The van der Waals surface area contributed by atoms with Crippen molar-refractivity contribution in [2.45, 2.75) is 32.4 Å². The first-order valence-electron chi connectivity index (χ1n) is 8.52. The summed E-state index contributed by atoms with van der Waals surface area (Å²) in [6, 6.07) is 17.1. The molecule has 0 bridgehead atoms. The Kier molecular flexibility index (Phi) is 5.03. The Balaban J connectivity index is 1.56. The quantitative estimate of drug-likeness (QED) is 0.900. The number of aryl methyl sites for hydroxylation is 1. The summed E-state index contributed by atoms with van der Waals surface area (Å²) >= 11 is 0. The van der Waals surface area contributed by atoms with Crippen LogP contribution in [0.15, 0.2) is 54.6 Å². The summed E-state index contributed by atoms with van der Waals surface area (Å²) in [6.45, 7) is 4.44. The number of amides is 3. The Hall–Kier alpha value is -2.82. The summed E-state index contributed by atoms with van der Waals surface area (Å²) in [5.74, 6) is 0.0326. The standard InChI is InChI=1S/C20H23N3O2/c1-14-8-10-18(11-9-14)23-13-17(12-19(23)24)22-20(25)21-15(2)16-6-4-3-5-7-16/h3-11,15,17H,12-13H2,1-2H3,(H2,21,22,25)/t15-,17+/m1/s1. The molecule has 3 amide bonds. The molecule has 5 nitrogen and oxygen atoms in total. The third kappa shape index (κ3) is 4.18. The van der Waals surface area contributed by atoms with E-state index < -0.39 is 0 Å². The highest BCUT2D eigenvalue weighted by Crippen LogP contribution is 2.22. The largest absolute Gasteiger partial charge is 0.333 e. The van der Waals surface area contributed by atoms with Gasteiger partial charge >= 0.3 is 6.03 Å². The van der Waals surface area contributed by atoms with Crippen molar-refractivity contribution in [2.24, 2.45) is 0 Å². The summed E-state index contributed by atoms with van der Waals surface area (Å²) < 4.78 is 0. The van der Waals surface area contributed by atoms with E-state index >= 15 is 0 Å². The zero-order valence-electron chi connectivity index (χ0n) is 14.5. The molecular weight excluding hydrogens is 314 g/mol. The van der Waals surface area contributed by atoms with Gasteiger partial charge in [-0.1, -0.05) is 48.0 Å². The van der Waals surface area contributed by atoms with Crippen LogP contribution >= 0.6 is 0 Å². The predicted octanol–water partition coefficient (Wildman–Crippen LogP) is 3.16. The summed E-state index contributed by atoms with van der Waals surface area (Å²) in [5, 5.41) is 5.83. The van der Waals surface area contributed by atoms with Crippen LogP contribution in [0.1, 0.15) is 30.5 Å². The fourth-order valence-corrected chi connectivity index (χ4v) is 3.03. The van der Waals surface area contributed by atoms with E-state index in [4.69, 9.17) is 0 Å². The van der Waals surface area contributed by atoms with Gasteiger partial charge in [0.05, 0.1) is 12.1 Å². The van der Waals surface area contributed by atoms with E-state index in [9.17, 15) is 9.59 Å². The monoisotopic (exact) mass is 337 g/mol. The van der Waals surface area contributed by atoms with E-state index in [0.717, 1.165) is 16.8 Å². The Morgan fingerprint density at radius 1 is 1.12 bits per heavy atom. The van der Waals surface area contributed by atoms with Crippen LogP contribution in [0.25, 0.3) is 0 Å². The molecule has 0 aliphatic carbocycles. The summed E-state index contributed by atoms with van der Waals surface area (Å²) in [7, 11) is 0. The van der Waals surface area contributed by atoms with Crippen LogP contribution in [0.3, 0.4) is 0 Å². The number of rotatable bonds is 4. The van der Waals surface area contributed by atoms with Crippen molar-refractivity contribution in [3.63, 3.8) is 0 Å². The van der Waals surface area contributed by atoms with Crippen LogP contribution in [0, 0.1) is 6.92 Å². The maximum absolute atomic E-state index is 12.2. The van der Waals surface area contributed by atoms with Gasteiger partial charge in [-0.3, -0.25) is 4.79 Å². The lowest BCUT2D eigenvalue weighted by molar-refractivity contribution is -0.117. The molecule has 0 aromatic heterocycles. The van der Waals surface area contributed by atoms with Gasteiger partial charge < -0.3 is 15.5 Å². The van der Waals surface area contributed by atoms with E-state index in [1.54, 1.807) is 4.90 Å². The SMILES string of the molecule is Cc1ccc(N2C[C@@H](NC(=O)N[C@H](C)c3ccccc3)CC2=O)cc1. The van der Waals surface area contributed by atoms with Crippen LogP contribution in [0.5, 0.6) is 0 Å². The Morgan fingerprint density at radius 3 is 2.48 bits per heavy atom. The molecule has 0 saturated carbocycles. The van der Waals surface area contributed by atoms with E-state index in [1.165, 1.54) is 0 Å². The maximum atomic E-state index is 12.2. The van der Waals surface area contributed by atoms with E-state index in [0.29, 0.717) is 13.0 Å². The van der Waals surface area contributed by atoms with Crippen molar-refractivity contribution in [1.29, 1.82) is 0 Å². The van der Waals surface area contributed by atoms with Gasteiger partial charge in [-0.05, 0) is 31.5 Å². The third-order valence-corrected chi connectivity index (χ3v) is 4.45. The second-order valence-electron chi connectivity index (χ2n) is 6.49. The Morgan fingerprint density at radius 2 is 1.80 bits per heavy atom.